The van der Waals surface area contributed by atoms with Crippen LogP contribution in [-0.2, 0) is 14.9 Å². The van der Waals surface area contributed by atoms with Crippen LogP contribution in [0.3, 0.4) is 0 Å². The third kappa shape index (κ3) is 7.23. The van der Waals surface area contributed by atoms with Crippen molar-refractivity contribution in [2.45, 2.75) is 65.4 Å². The minimum Gasteiger partial charge on any atom is -0.748 e. The first-order valence-corrected chi connectivity index (χ1v) is 18.9. The number of ketones is 1. The molecule has 3 aromatic rings. The van der Waals surface area contributed by atoms with Gasteiger partial charge in [-0.1, -0.05) is 38.1 Å². The lowest BCUT2D eigenvalue weighted by atomic mass is 9.70. The lowest BCUT2D eigenvalue weighted by Crippen LogP contribution is -3.13. The van der Waals surface area contributed by atoms with Gasteiger partial charge in [-0.2, -0.15) is 0 Å². The highest BCUT2D eigenvalue weighted by Crippen LogP contribution is 2.64. The maximum absolute atomic E-state index is 11.8. The van der Waals surface area contributed by atoms with Crippen LogP contribution in [0.5, 0.6) is 23.0 Å². The molecule has 3 aromatic carbocycles. The first-order chi connectivity index (χ1) is 23.3. The van der Waals surface area contributed by atoms with Gasteiger partial charge in [0.1, 0.15) is 48.0 Å². The van der Waals surface area contributed by atoms with Gasteiger partial charge in [0.2, 0.25) is 0 Å². The minimum atomic E-state index is -4.33. The van der Waals surface area contributed by atoms with E-state index in [4.69, 9.17) is 9.47 Å². The number of phenolic OH excluding ortho intramolecular Hbond substituents is 2. The third-order valence-corrected chi connectivity index (χ3v) is 12.3. The first kappa shape index (κ1) is 35.0. The summed E-state index contributed by atoms with van der Waals surface area (Å²) in [6.07, 6.45) is 5.54. The molecule has 3 fully saturated rings. The normalized spacial score (nSPS) is 24.5. The summed E-state index contributed by atoms with van der Waals surface area (Å²) < 4.78 is 45.2. The Hall–Kier alpha value is -3.86. The number of hydrogen-bond acceptors (Lipinski definition) is 8. The largest absolute Gasteiger partial charge is 0.748 e. The fourth-order valence-corrected chi connectivity index (χ4v) is 9.73. The number of allylic oxidation sites excluding steroid dienone is 1. The Morgan fingerprint density at radius 3 is 2.24 bits per heavy atom. The van der Waals surface area contributed by atoms with E-state index in [9.17, 15) is 28.0 Å². The Bertz CT molecular complexity index is 1810. The van der Waals surface area contributed by atoms with Crippen LogP contribution >= 0.6 is 0 Å². The molecule has 10 heteroatoms. The second kappa shape index (κ2) is 13.8. The molecule has 3 N–H and O–H groups in total. The quantitative estimate of drug-likeness (QED) is 0.263. The van der Waals surface area contributed by atoms with E-state index in [0.29, 0.717) is 18.6 Å². The van der Waals surface area contributed by atoms with Crippen molar-refractivity contribution in [2.24, 2.45) is 16.7 Å². The van der Waals surface area contributed by atoms with E-state index < -0.39 is 21.3 Å². The fourth-order valence-electron chi connectivity index (χ4n) is 8.45. The molecule has 2 aliphatic heterocycles. The van der Waals surface area contributed by atoms with Crippen LogP contribution in [0.2, 0.25) is 0 Å². The lowest BCUT2D eigenvalue weighted by Gasteiger charge is -2.37. The number of nitrogens with one attached hydrogen (secondary N) is 1. The predicted octanol–water partition coefficient (Wildman–Crippen LogP) is 5.54. The molecule has 7 rings (SSSR count). The summed E-state index contributed by atoms with van der Waals surface area (Å²) in [6, 6.07) is 20.6. The SMILES string of the molecule is CC1(C)C2CCC1(CS(=O)(=O)[O-])C(=O)C2.CC1=C(c2ccc(O)cc2)C(c2ccc(OCC[NH+]3CCCCC3)cc2)Oc2cc(O)ccc21. The number of ether oxygens (including phenoxy) is 2. The number of quaternary nitrogens is 1. The van der Waals surface area contributed by atoms with Gasteiger partial charge in [-0.25, -0.2) is 8.42 Å². The van der Waals surface area contributed by atoms with Crippen LogP contribution in [0.4, 0.5) is 0 Å². The molecular formula is C39H47NO8S. The fraction of sp³-hybridized carbons (Fsp3) is 0.462. The van der Waals surface area contributed by atoms with E-state index in [2.05, 4.69) is 19.1 Å². The van der Waals surface area contributed by atoms with Crippen molar-refractivity contribution in [3.63, 3.8) is 0 Å². The number of likely N-dealkylation sites (tertiary alicyclic amines) is 1. The second-order valence-corrected chi connectivity index (χ2v) is 16.0. The molecule has 2 saturated carbocycles. The third-order valence-electron chi connectivity index (χ3n) is 11.5. The molecule has 2 bridgehead atoms. The van der Waals surface area contributed by atoms with Gasteiger partial charge in [0.25, 0.3) is 0 Å². The van der Waals surface area contributed by atoms with Crippen molar-refractivity contribution >= 4 is 27.0 Å². The van der Waals surface area contributed by atoms with E-state index in [1.165, 1.54) is 32.4 Å². The number of hydrogen-bond donors (Lipinski definition) is 3. The van der Waals surface area contributed by atoms with Crippen molar-refractivity contribution in [3.8, 4) is 23.0 Å². The molecule has 2 heterocycles. The molecule has 262 valence electrons. The average Bonchev–Trinajstić information content (AvgIpc) is 3.40. The van der Waals surface area contributed by atoms with E-state index >= 15 is 0 Å². The van der Waals surface area contributed by atoms with Gasteiger partial charge in [-0.05, 0) is 103 Å². The van der Waals surface area contributed by atoms with Gasteiger partial charge < -0.3 is 29.1 Å². The molecule has 0 amide bonds. The summed E-state index contributed by atoms with van der Waals surface area (Å²) in [4.78, 5) is 13.5. The smallest absolute Gasteiger partial charge is 0.150 e. The van der Waals surface area contributed by atoms with Crippen LogP contribution < -0.4 is 14.4 Å². The van der Waals surface area contributed by atoms with E-state index in [1.54, 1.807) is 29.2 Å². The van der Waals surface area contributed by atoms with Gasteiger partial charge in [0.05, 0.1) is 29.0 Å². The Kier molecular flexibility index (Phi) is 9.86. The van der Waals surface area contributed by atoms with Crippen LogP contribution in [0.1, 0.15) is 82.1 Å². The van der Waals surface area contributed by atoms with Gasteiger partial charge in [-0.3, -0.25) is 4.79 Å². The van der Waals surface area contributed by atoms with Gasteiger partial charge >= 0.3 is 0 Å². The number of aromatic hydroxyl groups is 2. The lowest BCUT2D eigenvalue weighted by molar-refractivity contribution is -0.904. The zero-order valence-electron chi connectivity index (χ0n) is 28.5. The topological polar surface area (TPSA) is 138 Å². The maximum atomic E-state index is 11.8. The molecule has 49 heavy (non-hydrogen) atoms. The highest BCUT2D eigenvalue weighted by molar-refractivity contribution is 7.85. The Labute approximate surface area is 289 Å². The van der Waals surface area contributed by atoms with Crippen molar-refractivity contribution in [1.82, 2.24) is 0 Å². The zero-order valence-corrected chi connectivity index (χ0v) is 29.4. The Morgan fingerprint density at radius 1 is 0.959 bits per heavy atom. The molecule has 2 aliphatic carbocycles. The Balaban J connectivity index is 0.000000232. The number of carbonyl (C=O) groups is 1. The molecule has 0 spiro atoms. The van der Waals surface area contributed by atoms with Crippen LogP contribution in [0.25, 0.3) is 11.1 Å². The molecule has 4 aliphatic rings. The highest BCUT2D eigenvalue weighted by Gasteiger charge is 2.64. The van der Waals surface area contributed by atoms with Crippen LogP contribution in [-0.4, -0.2) is 61.0 Å². The molecule has 0 radical (unpaired) electrons. The number of phenols is 2. The molecule has 3 atom stereocenters. The van der Waals surface area contributed by atoms with Crippen molar-refractivity contribution in [2.75, 3.05) is 32.0 Å². The zero-order chi connectivity index (χ0) is 35.0. The van der Waals surface area contributed by atoms with E-state index in [0.717, 1.165) is 53.2 Å². The van der Waals surface area contributed by atoms with Crippen LogP contribution in [0.15, 0.2) is 66.7 Å². The minimum absolute atomic E-state index is 0.0248. The van der Waals surface area contributed by atoms with Crippen molar-refractivity contribution in [1.29, 1.82) is 0 Å². The number of carbonyl (C=O) groups excluding carboxylic acids is 1. The standard InChI is InChI=1S/C29H31NO4.C10H16O4S/c1-20-26-14-11-24(32)19-27(26)34-29(28(20)21-5-9-23(31)10-6-21)22-7-12-25(13-8-22)33-18-17-30-15-3-2-4-16-30;1-9(2)7-3-4-10(9,8(11)5-7)6-15(12,13)14/h5-14,19,29,31-32H,2-4,15-18H2,1H3;7H,3-6H2,1-2H3,(H,12,13,14). The van der Waals surface area contributed by atoms with Crippen molar-refractivity contribution < 1.29 is 42.4 Å². The molecule has 0 aromatic heterocycles. The summed E-state index contributed by atoms with van der Waals surface area (Å²) in [7, 11) is -4.33. The van der Waals surface area contributed by atoms with E-state index in [1.807, 2.05) is 44.2 Å². The molecule has 3 unspecified atom stereocenters. The summed E-state index contributed by atoms with van der Waals surface area (Å²) in [6.45, 7) is 10.2. The molecule has 1 saturated heterocycles. The van der Waals surface area contributed by atoms with E-state index in [-0.39, 0.29) is 34.7 Å². The number of fused-ring (bicyclic) bond motifs is 3. The Morgan fingerprint density at radius 2 is 1.63 bits per heavy atom. The monoisotopic (exact) mass is 689 g/mol. The summed E-state index contributed by atoms with van der Waals surface area (Å²) >= 11 is 0. The number of rotatable bonds is 8. The van der Waals surface area contributed by atoms with Crippen LogP contribution in [0, 0.1) is 16.7 Å². The second-order valence-electron chi connectivity index (χ2n) is 14.6. The summed E-state index contributed by atoms with van der Waals surface area (Å²) in [5.74, 6) is 1.65. The van der Waals surface area contributed by atoms with Gasteiger partial charge in [0, 0.05) is 29.0 Å². The molecular weight excluding hydrogens is 642 g/mol. The van der Waals surface area contributed by atoms with Gasteiger partial charge in [-0.15, -0.1) is 0 Å². The number of Topliss-reactive ketones (excluding diaryl/α,β-unsaturated/α-hetero) is 1. The summed E-state index contributed by atoms with van der Waals surface area (Å²) in [5.41, 5.74) is 3.86. The maximum Gasteiger partial charge on any atom is 0.150 e. The molecule has 9 nitrogen and oxygen atoms in total. The van der Waals surface area contributed by atoms with Crippen molar-refractivity contribution in [3.05, 3.63) is 83.4 Å². The predicted molar refractivity (Wildman–Crippen MR) is 187 cm³/mol. The summed E-state index contributed by atoms with van der Waals surface area (Å²) in [5, 5.41) is 19.8. The number of benzene rings is 3. The number of piperidine rings is 1. The first-order valence-electron chi connectivity index (χ1n) is 17.3. The highest BCUT2D eigenvalue weighted by atomic mass is 32.2. The van der Waals surface area contributed by atoms with Gasteiger partial charge in [0.15, 0.2) is 0 Å². The average molecular weight is 690 g/mol.